The van der Waals surface area contributed by atoms with E-state index < -0.39 is 0 Å². The molecular formula is C12H18N6O. The summed E-state index contributed by atoms with van der Waals surface area (Å²) >= 11 is 0. The lowest BCUT2D eigenvalue weighted by Gasteiger charge is -2.06. The van der Waals surface area contributed by atoms with Crippen molar-refractivity contribution in [3.05, 3.63) is 29.6 Å². The molecular weight excluding hydrogens is 244 g/mol. The Morgan fingerprint density at radius 3 is 2.95 bits per heavy atom. The third-order valence-electron chi connectivity index (χ3n) is 2.77. The Labute approximate surface area is 111 Å². The number of aromatic amines is 1. The topological polar surface area (TPSA) is 88.5 Å². The molecule has 1 amide bonds. The molecule has 0 bridgehead atoms. The Morgan fingerprint density at radius 1 is 1.47 bits per heavy atom. The number of nitrogens with one attached hydrogen (secondary N) is 2. The second-order valence-corrected chi connectivity index (χ2v) is 4.47. The molecule has 0 atom stereocenters. The first-order valence-corrected chi connectivity index (χ1v) is 6.27. The predicted molar refractivity (Wildman–Crippen MR) is 69.4 cm³/mol. The number of carbonyl (C=O) groups is 1. The molecule has 0 aromatic carbocycles. The van der Waals surface area contributed by atoms with Gasteiger partial charge in [-0.3, -0.25) is 14.6 Å². The Kier molecular flexibility index (Phi) is 4.27. The molecule has 19 heavy (non-hydrogen) atoms. The van der Waals surface area contributed by atoms with Gasteiger partial charge in [-0.15, -0.1) is 0 Å². The van der Waals surface area contributed by atoms with Crippen molar-refractivity contribution in [2.24, 2.45) is 0 Å². The van der Waals surface area contributed by atoms with Crippen molar-refractivity contribution in [3.63, 3.8) is 0 Å². The van der Waals surface area contributed by atoms with Gasteiger partial charge in [-0.1, -0.05) is 0 Å². The number of nitrogens with zero attached hydrogens (tertiary/aromatic N) is 4. The van der Waals surface area contributed by atoms with Crippen LogP contribution in [0.25, 0.3) is 0 Å². The van der Waals surface area contributed by atoms with Crippen molar-refractivity contribution in [2.45, 2.75) is 33.2 Å². The Bertz CT molecular complexity index is 530. The van der Waals surface area contributed by atoms with Gasteiger partial charge >= 0.3 is 0 Å². The molecule has 0 fully saturated rings. The fourth-order valence-electron chi connectivity index (χ4n) is 1.86. The number of amides is 1. The molecule has 2 aromatic heterocycles. The summed E-state index contributed by atoms with van der Waals surface area (Å²) in [5.41, 5.74) is 1.92. The zero-order valence-corrected chi connectivity index (χ0v) is 11.2. The number of hydrogen-bond acceptors (Lipinski definition) is 4. The third kappa shape index (κ3) is 3.90. The molecule has 2 aromatic rings. The Morgan fingerprint density at radius 2 is 2.32 bits per heavy atom. The van der Waals surface area contributed by atoms with Crippen molar-refractivity contribution in [1.82, 2.24) is 30.3 Å². The van der Waals surface area contributed by atoms with Gasteiger partial charge in [-0.25, -0.2) is 4.98 Å². The van der Waals surface area contributed by atoms with Gasteiger partial charge in [0.2, 0.25) is 5.91 Å². The van der Waals surface area contributed by atoms with Gasteiger partial charge in [0, 0.05) is 18.7 Å². The molecule has 0 saturated heterocycles. The molecule has 7 nitrogen and oxygen atoms in total. The average molecular weight is 262 g/mol. The van der Waals surface area contributed by atoms with Gasteiger partial charge < -0.3 is 5.32 Å². The van der Waals surface area contributed by atoms with Crippen LogP contribution >= 0.6 is 0 Å². The molecule has 2 N–H and O–H groups in total. The lowest BCUT2D eigenvalue weighted by molar-refractivity contribution is -0.121. The molecule has 2 rings (SSSR count). The van der Waals surface area contributed by atoms with E-state index in [0.29, 0.717) is 6.54 Å². The molecule has 2 heterocycles. The Hall–Kier alpha value is -2.18. The standard InChI is InChI=1S/C12H18N6O/c1-9-6-10(2)18(17-9)7-12(19)13-5-3-4-11-14-8-15-16-11/h6,8H,3-5,7H2,1-2H3,(H,13,19)(H,14,15,16). The fourth-order valence-corrected chi connectivity index (χ4v) is 1.86. The summed E-state index contributed by atoms with van der Waals surface area (Å²) in [4.78, 5) is 15.7. The zero-order chi connectivity index (χ0) is 13.7. The first-order chi connectivity index (χ1) is 9.15. The first kappa shape index (κ1) is 13.3. The minimum Gasteiger partial charge on any atom is -0.354 e. The average Bonchev–Trinajstić information content (AvgIpc) is 2.96. The van der Waals surface area contributed by atoms with Crippen LogP contribution in [0.5, 0.6) is 0 Å². The van der Waals surface area contributed by atoms with E-state index in [2.05, 4.69) is 25.6 Å². The summed E-state index contributed by atoms with van der Waals surface area (Å²) in [7, 11) is 0. The molecule has 0 unspecified atom stereocenters. The highest BCUT2D eigenvalue weighted by Gasteiger charge is 2.06. The third-order valence-corrected chi connectivity index (χ3v) is 2.77. The van der Waals surface area contributed by atoms with E-state index in [1.54, 1.807) is 4.68 Å². The van der Waals surface area contributed by atoms with E-state index in [4.69, 9.17) is 0 Å². The molecule has 0 spiro atoms. The largest absolute Gasteiger partial charge is 0.354 e. The lowest BCUT2D eigenvalue weighted by Crippen LogP contribution is -2.29. The monoisotopic (exact) mass is 262 g/mol. The van der Waals surface area contributed by atoms with Crippen LogP contribution in [0.1, 0.15) is 23.6 Å². The quantitative estimate of drug-likeness (QED) is 0.736. The van der Waals surface area contributed by atoms with Crippen molar-refractivity contribution < 1.29 is 4.79 Å². The van der Waals surface area contributed by atoms with Crippen molar-refractivity contribution in [3.8, 4) is 0 Å². The number of carbonyl (C=O) groups excluding carboxylic acids is 1. The number of hydrogen-bond donors (Lipinski definition) is 2. The van der Waals surface area contributed by atoms with Crippen LogP contribution in [0, 0.1) is 13.8 Å². The summed E-state index contributed by atoms with van der Waals surface area (Å²) in [5, 5.41) is 13.7. The van der Waals surface area contributed by atoms with Crippen LogP contribution < -0.4 is 5.32 Å². The van der Waals surface area contributed by atoms with Crippen molar-refractivity contribution >= 4 is 5.91 Å². The Balaban J connectivity index is 1.68. The van der Waals surface area contributed by atoms with Gasteiger partial charge in [0.1, 0.15) is 18.7 Å². The summed E-state index contributed by atoms with van der Waals surface area (Å²) in [6.07, 6.45) is 3.09. The van der Waals surface area contributed by atoms with Gasteiger partial charge in [0.15, 0.2) is 0 Å². The number of rotatable bonds is 6. The van der Waals surface area contributed by atoms with E-state index in [-0.39, 0.29) is 12.5 Å². The first-order valence-electron chi connectivity index (χ1n) is 6.27. The highest BCUT2D eigenvalue weighted by Crippen LogP contribution is 2.01. The summed E-state index contributed by atoms with van der Waals surface area (Å²) in [6, 6.07) is 1.96. The van der Waals surface area contributed by atoms with Gasteiger partial charge in [-0.05, 0) is 26.3 Å². The van der Waals surface area contributed by atoms with Crippen LogP contribution in [0.3, 0.4) is 0 Å². The van der Waals surface area contributed by atoms with Crippen molar-refractivity contribution in [2.75, 3.05) is 6.54 Å². The second-order valence-electron chi connectivity index (χ2n) is 4.47. The number of aromatic nitrogens is 5. The van der Waals surface area contributed by atoms with Crippen LogP contribution in [0.2, 0.25) is 0 Å². The van der Waals surface area contributed by atoms with Gasteiger partial charge in [-0.2, -0.15) is 10.2 Å². The van der Waals surface area contributed by atoms with Crippen LogP contribution in [0.4, 0.5) is 0 Å². The lowest BCUT2D eigenvalue weighted by atomic mass is 10.3. The fraction of sp³-hybridized carbons (Fsp3) is 0.500. The molecule has 0 saturated carbocycles. The van der Waals surface area contributed by atoms with Crippen LogP contribution in [-0.4, -0.2) is 37.4 Å². The van der Waals surface area contributed by atoms with E-state index in [1.165, 1.54) is 6.33 Å². The number of H-pyrrole nitrogens is 1. The smallest absolute Gasteiger partial charge is 0.241 e. The minimum atomic E-state index is -0.0243. The normalized spacial score (nSPS) is 10.6. The SMILES string of the molecule is Cc1cc(C)n(CC(=O)NCCCc2ncn[nH]2)n1. The predicted octanol–water partition coefficient (Wildman–Crippen LogP) is 0.367. The zero-order valence-electron chi connectivity index (χ0n) is 11.2. The molecule has 0 aliphatic heterocycles. The van der Waals surface area contributed by atoms with Crippen molar-refractivity contribution in [1.29, 1.82) is 0 Å². The van der Waals surface area contributed by atoms with Crippen LogP contribution in [-0.2, 0) is 17.8 Å². The molecule has 0 radical (unpaired) electrons. The van der Waals surface area contributed by atoms with E-state index in [0.717, 1.165) is 30.1 Å². The minimum absolute atomic E-state index is 0.0243. The molecule has 0 aliphatic rings. The molecule has 102 valence electrons. The summed E-state index contributed by atoms with van der Waals surface area (Å²) in [6.45, 7) is 4.75. The van der Waals surface area contributed by atoms with Gasteiger partial charge in [0.05, 0.1) is 5.69 Å². The molecule has 0 aliphatic carbocycles. The summed E-state index contributed by atoms with van der Waals surface area (Å²) < 4.78 is 1.71. The van der Waals surface area contributed by atoms with E-state index in [9.17, 15) is 4.79 Å². The summed E-state index contributed by atoms with van der Waals surface area (Å²) in [5.74, 6) is 0.816. The highest BCUT2D eigenvalue weighted by atomic mass is 16.2. The van der Waals surface area contributed by atoms with Gasteiger partial charge in [0.25, 0.3) is 0 Å². The highest BCUT2D eigenvalue weighted by molar-refractivity contribution is 5.75. The maximum atomic E-state index is 11.7. The maximum Gasteiger partial charge on any atom is 0.241 e. The molecule has 7 heteroatoms. The number of aryl methyl sites for hydroxylation is 3. The second kappa shape index (κ2) is 6.12. The van der Waals surface area contributed by atoms with Crippen LogP contribution in [0.15, 0.2) is 12.4 Å². The maximum absolute atomic E-state index is 11.7. The van der Waals surface area contributed by atoms with E-state index >= 15 is 0 Å². The van der Waals surface area contributed by atoms with E-state index in [1.807, 2.05) is 19.9 Å².